The van der Waals surface area contributed by atoms with Crippen LogP contribution in [-0.2, 0) is 4.79 Å². The molecule has 1 aromatic rings. The van der Waals surface area contributed by atoms with Gasteiger partial charge in [-0.15, -0.1) is 0 Å². The summed E-state index contributed by atoms with van der Waals surface area (Å²) in [6, 6.07) is 4.08. The van der Waals surface area contributed by atoms with E-state index in [0.29, 0.717) is 24.2 Å². The molecule has 0 N–H and O–H groups in total. The van der Waals surface area contributed by atoms with Crippen LogP contribution in [0.3, 0.4) is 0 Å². The number of rotatable bonds is 4. The second-order valence-electron chi connectivity index (χ2n) is 5.21. The smallest absolute Gasteiger partial charge is 0.222 e. The highest BCUT2D eigenvalue weighted by Crippen LogP contribution is 2.27. The van der Waals surface area contributed by atoms with E-state index in [9.17, 15) is 4.79 Å². The van der Waals surface area contributed by atoms with E-state index in [1.165, 1.54) is 5.56 Å². The van der Waals surface area contributed by atoms with Crippen molar-refractivity contribution in [1.29, 1.82) is 0 Å². The average molecular weight is 232 g/mol. The Balaban J connectivity index is 1.77. The summed E-state index contributed by atoms with van der Waals surface area (Å²) in [7, 11) is 0. The van der Waals surface area contributed by atoms with Gasteiger partial charge in [-0.1, -0.05) is 13.8 Å². The van der Waals surface area contributed by atoms with Gasteiger partial charge in [-0.05, 0) is 30.0 Å². The second kappa shape index (κ2) is 5.30. The third-order valence-corrected chi connectivity index (χ3v) is 3.35. The van der Waals surface area contributed by atoms with Gasteiger partial charge in [0.15, 0.2) is 0 Å². The van der Waals surface area contributed by atoms with E-state index < -0.39 is 0 Å². The Morgan fingerprint density at radius 1 is 1.41 bits per heavy atom. The molecular formula is C14H20N2O. The van der Waals surface area contributed by atoms with Crippen LogP contribution in [0.1, 0.15) is 38.2 Å². The van der Waals surface area contributed by atoms with Crippen LogP contribution in [0.5, 0.6) is 0 Å². The molecule has 0 unspecified atom stereocenters. The van der Waals surface area contributed by atoms with Crippen molar-refractivity contribution in [2.45, 2.75) is 32.6 Å². The Labute approximate surface area is 103 Å². The Morgan fingerprint density at radius 3 is 2.65 bits per heavy atom. The predicted molar refractivity (Wildman–Crippen MR) is 67.6 cm³/mol. The molecule has 92 valence electrons. The SMILES string of the molecule is CC(C)CCC(=O)N1CC(c2ccncc2)C1. The van der Waals surface area contributed by atoms with Gasteiger partial charge in [-0.25, -0.2) is 0 Å². The number of hydrogen-bond acceptors (Lipinski definition) is 2. The fraction of sp³-hybridized carbons (Fsp3) is 0.571. The number of carbonyl (C=O) groups excluding carboxylic acids is 1. The molecule has 0 aliphatic carbocycles. The Bertz CT molecular complexity index is 369. The molecule has 1 fully saturated rings. The number of amides is 1. The standard InChI is InChI=1S/C14H20N2O/c1-11(2)3-4-14(17)16-9-13(10-16)12-5-7-15-8-6-12/h5-8,11,13H,3-4,9-10H2,1-2H3. The normalized spacial score (nSPS) is 16.1. The molecule has 1 aliphatic rings. The second-order valence-corrected chi connectivity index (χ2v) is 5.21. The highest BCUT2D eigenvalue weighted by Gasteiger charge is 2.31. The molecule has 0 bridgehead atoms. The lowest BCUT2D eigenvalue weighted by Crippen LogP contribution is -2.48. The quantitative estimate of drug-likeness (QED) is 0.799. The molecule has 1 amide bonds. The molecule has 2 heterocycles. The van der Waals surface area contributed by atoms with Gasteiger partial charge in [0.25, 0.3) is 0 Å². The summed E-state index contributed by atoms with van der Waals surface area (Å²) in [5.41, 5.74) is 1.30. The number of aromatic nitrogens is 1. The Morgan fingerprint density at radius 2 is 2.06 bits per heavy atom. The molecule has 0 atom stereocenters. The first kappa shape index (κ1) is 12.1. The molecule has 0 spiro atoms. The van der Waals surface area contributed by atoms with Crippen LogP contribution in [0, 0.1) is 5.92 Å². The minimum atomic E-state index is 0.309. The zero-order chi connectivity index (χ0) is 12.3. The monoisotopic (exact) mass is 232 g/mol. The molecule has 17 heavy (non-hydrogen) atoms. The van der Waals surface area contributed by atoms with Crippen LogP contribution in [0.2, 0.25) is 0 Å². The van der Waals surface area contributed by atoms with Gasteiger partial charge in [0.1, 0.15) is 0 Å². The van der Waals surface area contributed by atoms with Gasteiger partial charge < -0.3 is 4.90 Å². The summed E-state index contributed by atoms with van der Waals surface area (Å²) in [6.07, 6.45) is 5.33. The fourth-order valence-electron chi connectivity index (χ4n) is 2.10. The van der Waals surface area contributed by atoms with Crippen molar-refractivity contribution < 1.29 is 4.79 Å². The summed E-state index contributed by atoms with van der Waals surface area (Å²) in [6.45, 7) is 6.06. The Kier molecular flexibility index (Phi) is 3.77. The maximum absolute atomic E-state index is 11.8. The van der Waals surface area contributed by atoms with Crippen LogP contribution in [0.25, 0.3) is 0 Å². The molecule has 1 saturated heterocycles. The van der Waals surface area contributed by atoms with Crippen molar-refractivity contribution in [2.75, 3.05) is 13.1 Å². The molecule has 0 saturated carbocycles. The van der Waals surface area contributed by atoms with Crippen molar-refractivity contribution in [3.05, 3.63) is 30.1 Å². The summed E-state index contributed by atoms with van der Waals surface area (Å²) in [5.74, 6) is 1.43. The molecule has 0 aromatic carbocycles. The fourth-order valence-corrected chi connectivity index (χ4v) is 2.10. The lowest BCUT2D eigenvalue weighted by Gasteiger charge is -2.39. The van der Waals surface area contributed by atoms with Crippen LogP contribution in [-0.4, -0.2) is 28.9 Å². The van der Waals surface area contributed by atoms with E-state index in [0.717, 1.165) is 19.5 Å². The molecular weight excluding hydrogens is 212 g/mol. The number of carbonyl (C=O) groups is 1. The molecule has 1 aromatic heterocycles. The molecule has 3 nitrogen and oxygen atoms in total. The maximum atomic E-state index is 11.8. The van der Waals surface area contributed by atoms with Gasteiger partial charge in [-0.3, -0.25) is 9.78 Å². The molecule has 2 rings (SSSR count). The van der Waals surface area contributed by atoms with Crippen molar-refractivity contribution >= 4 is 5.91 Å². The van der Waals surface area contributed by atoms with E-state index in [1.54, 1.807) is 0 Å². The van der Waals surface area contributed by atoms with Gasteiger partial charge in [0.2, 0.25) is 5.91 Å². The van der Waals surface area contributed by atoms with E-state index in [-0.39, 0.29) is 0 Å². The van der Waals surface area contributed by atoms with E-state index in [1.807, 2.05) is 29.4 Å². The van der Waals surface area contributed by atoms with Gasteiger partial charge in [-0.2, -0.15) is 0 Å². The lowest BCUT2D eigenvalue weighted by atomic mass is 9.91. The van der Waals surface area contributed by atoms with Gasteiger partial charge in [0, 0.05) is 37.8 Å². The Hall–Kier alpha value is -1.38. The number of nitrogens with zero attached hydrogens (tertiary/aromatic N) is 2. The van der Waals surface area contributed by atoms with E-state index in [4.69, 9.17) is 0 Å². The zero-order valence-electron chi connectivity index (χ0n) is 10.6. The maximum Gasteiger partial charge on any atom is 0.222 e. The van der Waals surface area contributed by atoms with E-state index in [2.05, 4.69) is 18.8 Å². The summed E-state index contributed by atoms with van der Waals surface area (Å²) in [5, 5.41) is 0. The van der Waals surface area contributed by atoms with E-state index >= 15 is 0 Å². The highest BCUT2D eigenvalue weighted by atomic mass is 16.2. The largest absolute Gasteiger partial charge is 0.341 e. The third-order valence-electron chi connectivity index (χ3n) is 3.35. The number of hydrogen-bond donors (Lipinski definition) is 0. The van der Waals surface area contributed by atoms with Crippen LogP contribution in [0.15, 0.2) is 24.5 Å². The molecule has 3 heteroatoms. The van der Waals surface area contributed by atoms with Crippen molar-refractivity contribution in [1.82, 2.24) is 9.88 Å². The van der Waals surface area contributed by atoms with Crippen LogP contribution < -0.4 is 0 Å². The van der Waals surface area contributed by atoms with Crippen molar-refractivity contribution in [2.24, 2.45) is 5.92 Å². The minimum Gasteiger partial charge on any atom is -0.341 e. The van der Waals surface area contributed by atoms with Gasteiger partial charge in [0.05, 0.1) is 0 Å². The molecule has 1 aliphatic heterocycles. The minimum absolute atomic E-state index is 0.309. The summed E-state index contributed by atoms with van der Waals surface area (Å²) < 4.78 is 0. The highest BCUT2D eigenvalue weighted by molar-refractivity contribution is 5.77. The topological polar surface area (TPSA) is 33.2 Å². The first-order chi connectivity index (χ1) is 8.16. The lowest BCUT2D eigenvalue weighted by molar-refractivity contribution is -0.135. The first-order valence-electron chi connectivity index (χ1n) is 6.34. The zero-order valence-corrected chi connectivity index (χ0v) is 10.6. The average Bonchev–Trinajstić information content (AvgIpc) is 2.26. The molecule has 0 radical (unpaired) electrons. The predicted octanol–water partition coefficient (Wildman–Crippen LogP) is 2.44. The number of pyridine rings is 1. The van der Waals surface area contributed by atoms with Crippen molar-refractivity contribution in [3.63, 3.8) is 0 Å². The third kappa shape index (κ3) is 3.05. The van der Waals surface area contributed by atoms with Crippen LogP contribution in [0.4, 0.5) is 0 Å². The van der Waals surface area contributed by atoms with Crippen molar-refractivity contribution in [3.8, 4) is 0 Å². The number of likely N-dealkylation sites (tertiary alicyclic amines) is 1. The van der Waals surface area contributed by atoms with Crippen LogP contribution >= 0.6 is 0 Å². The van der Waals surface area contributed by atoms with Gasteiger partial charge >= 0.3 is 0 Å². The summed E-state index contributed by atoms with van der Waals surface area (Å²) >= 11 is 0. The first-order valence-corrected chi connectivity index (χ1v) is 6.34. The summed E-state index contributed by atoms with van der Waals surface area (Å²) in [4.78, 5) is 17.8.